The highest BCUT2D eigenvalue weighted by molar-refractivity contribution is 5.93. The molecular formula is C19H18N4O2. The van der Waals surface area contributed by atoms with E-state index >= 15 is 0 Å². The molecule has 3 rings (SSSR count). The van der Waals surface area contributed by atoms with E-state index in [0.717, 1.165) is 17.0 Å². The second kappa shape index (κ2) is 8.01. The molecule has 3 aromatic rings. The molecule has 2 aromatic heterocycles. The monoisotopic (exact) mass is 334 g/mol. The molecule has 0 saturated heterocycles. The number of ether oxygens (including phenoxy) is 1. The van der Waals surface area contributed by atoms with E-state index in [4.69, 9.17) is 4.74 Å². The molecule has 0 aliphatic heterocycles. The van der Waals surface area contributed by atoms with Crippen molar-refractivity contribution in [2.75, 3.05) is 6.61 Å². The number of nitrogens with one attached hydrogen (secondary N) is 1. The van der Waals surface area contributed by atoms with Crippen molar-refractivity contribution in [1.82, 2.24) is 20.3 Å². The second-order valence-electron chi connectivity index (χ2n) is 5.26. The van der Waals surface area contributed by atoms with E-state index in [2.05, 4.69) is 20.3 Å². The second-order valence-corrected chi connectivity index (χ2v) is 5.26. The number of aromatic nitrogens is 3. The lowest BCUT2D eigenvalue weighted by atomic mass is 10.1. The molecule has 1 N–H and O–H groups in total. The Bertz CT molecular complexity index is 836. The van der Waals surface area contributed by atoms with E-state index in [1.54, 1.807) is 12.1 Å². The lowest BCUT2D eigenvalue weighted by Gasteiger charge is -2.07. The van der Waals surface area contributed by atoms with Crippen LogP contribution in [0.4, 0.5) is 0 Å². The van der Waals surface area contributed by atoms with Crippen LogP contribution in [0, 0.1) is 0 Å². The van der Waals surface area contributed by atoms with Gasteiger partial charge in [-0.05, 0) is 19.1 Å². The molecule has 6 heteroatoms. The fourth-order valence-electron chi connectivity index (χ4n) is 2.28. The Morgan fingerprint density at radius 1 is 1.08 bits per heavy atom. The number of carbonyl (C=O) groups excluding carboxylic acids is 1. The number of rotatable bonds is 6. The Labute approximate surface area is 145 Å². The Morgan fingerprint density at radius 2 is 1.92 bits per heavy atom. The quantitative estimate of drug-likeness (QED) is 0.750. The largest absolute Gasteiger partial charge is 0.478 e. The Kier molecular flexibility index (Phi) is 5.31. The fourth-order valence-corrected chi connectivity index (χ4v) is 2.28. The van der Waals surface area contributed by atoms with Crippen molar-refractivity contribution in [3.05, 3.63) is 72.3 Å². The maximum absolute atomic E-state index is 12.2. The lowest BCUT2D eigenvalue weighted by molar-refractivity contribution is 0.0950. The third-order valence-electron chi connectivity index (χ3n) is 3.51. The zero-order valence-electron chi connectivity index (χ0n) is 13.8. The van der Waals surface area contributed by atoms with Gasteiger partial charge in [0.2, 0.25) is 5.88 Å². The third-order valence-corrected chi connectivity index (χ3v) is 3.51. The summed E-state index contributed by atoms with van der Waals surface area (Å²) in [4.78, 5) is 24.8. The van der Waals surface area contributed by atoms with Crippen LogP contribution >= 0.6 is 0 Å². The molecule has 0 aliphatic rings. The van der Waals surface area contributed by atoms with Crippen LogP contribution in [0.2, 0.25) is 0 Å². The normalized spacial score (nSPS) is 10.3. The SMILES string of the molecule is CCOc1ccc(C(=O)NCc2cc(-c3ccccc3)ncn2)cn1. The topological polar surface area (TPSA) is 77.0 Å². The molecule has 25 heavy (non-hydrogen) atoms. The zero-order valence-corrected chi connectivity index (χ0v) is 13.8. The molecule has 0 fully saturated rings. The van der Waals surface area contributed by atoms with Crippen LogP contribution in [-0.4, -0.2) is 27.5 Å². The van der Waals surface area contributed by atoms with Gasteiger partial charge in [0, 0.05) is 17.8 Å². The maximum Gasteiger partial charge on any atom is 0.253 e. The van der Waals surface area contributed by atoms with Crippen LogP contribution in [0.15, 0.2) is 61.1 Å². The highest BCUT2D eigenvalue weighted by Crippen LogP contribution is 2.16. The molecule has 6 nitrogen and oxygen atoms in total. The van der Waals surface area contributed by atoms with Crippen LogP contribution in [0.5, 0.6) is 5.88 Å². The minimum Gasteiger partial charge on any atom is -0.478 e. The summed E-state index contributed by atoms with van der Waals surface area (Å²) in [7, 11) is 0. The highest BCUT2D eigenvalue weighted by atomic mass is 16.5. The van der Waals surface area contributed by atoms with Crippen molar-refractivity contribution in [3.63, 3.8) is 0 Å². The molecule has 1 amide bonds. The summed E-state index contributed by atoms with van der Waals surface area (Å²) in [6, 6.07) is 15.1. The number of benzene rings is 1. The van der Waals surface area contributed by atoms with E-state index in [0.29, 0.717) is 24.6 Å². The van der Waals surface area contributed by atoms with Crippen molar-refractivity contribution in [3.8, 4) is 17.1 Å². The molecule has 1 aromatic carbocycles. The molecule has 0 bridgehead atoms. The van der Waals surface area contributed by atoms with Gasteiger partial charge in [-0.3, -0.25) is 4.79 Å². The predicted molar refractivity (Wildman–Crippen MR) is 94.0 cm³/mol. The number of amides is 1. The lowest BCUT2D eigenvalue weighted by Crippen LogP contribution is -2.23. The molecule has 0 aliphatic carbocycles. The highest BCUT2D eigenvalue weighted by Gasteiger charge is 2.08. The zero-order chi connectivity index (χ0) is 17.5. The first kappa shape index (κ1) is 16.6. The molecule has 0 unspecified atom stereocenters. The van der Waals surface area contributed by atoms with Crippen LogP contribution < -0.4 is 10.1 Å². The van der Waals surface area contributed by atoms with E-state index in [1.165, 1.54) is 12.5 Å². The Balaban J connectivity index is 1.64. The standard InChI is InChI=1S/C19H18N4O2/c1-2-25-18-9-8-15(11-20-18)19(24)21-12-16-10-17(23-13-22-16)14-6-4-3-5-7-14/h3-11,13H,2,12H2,1H3,(H,21,24). The third kappa shape index (κ3) is 4.38. The van der Waals surface area contributed by atoms with Crippen molar-refractivity contribution < 1.29 is 9.53 Å². The molecule has 126 valence electrons. The first-order valence-electron chi connectivity index (χ1n) is 7.99. The van der Waals surface area contributed by atoms with Crippen molar-refractivity contribution in [2.24, 2.45) is 0 Å². The van der Waals surface area contributed by atoms with Crippen molar-refractivity contribution in [2.45, 2.75) is 13.5 Å². The van der Waals surface area contributed by atoms with Crippen molar-refractivity contribution >= 4 is 5.91 Å². The first-order valence-corrected chi connectivity index (χ1v) is 7.99. The number of carbonyl (C=O) groups is 1. The fraction of sp³-hybridized carbons (Fsp3) is 0.158. The van der Waals surface area contributed by atoms with Crippen LogP contribution in [-0.2, 0) is 6.54 Å². The van der Waals surface area contributed by atoms with Crippen molar-refractivity contribution in [1.29, 1.82) is 0 Å². The summed E-state index contributed by atoms with van der Waals surface area (Å²) in [6.07, 6.45) is 3.00. The summed E-state index contributed by atoms with van der Waals surface area (Å²) in [5.74, 6) is 0.290. The average molecular weight is 334 g/mol. The van der Waals surface area contributed by atoms with Gasteiger partial charge in [0.05, 0.1) is 30.1 Å². The summed E-state index contributed by atoms with van der Waals surface area (Å²) in [5, 5.41) is 2.84. The summed E-state index contributed by atoms with van der Waals surface area (Å²) >= 11 is 0. The molecule has 0 radical (unpaired) electrons. The number of nitrogens with zero attached hydrogens (tertiary/aromatic N) is 3. The van der Waals surface area contributed by atoms with Gasteiger partial charge in [0.1, 0.15) is 6.33 Å². The number of pyridine rings is 1. The predicted octanol–water partition coefficient (Wildman–Crippen LogP) is 2.87. The van der Waals surface area contributed by atoms with E-state index < -0.39 is 0 Å². The Morgan fingerprint density at radius 3 is 2.64 bits per heavy atom. The van der Waals surface area contributed by atoms with Crippen LogP contribution in [0.25, 0.3) is 11.3 Å². The van der Waals surface area contributed by atoms with Gasteiger partial charge < -0.3 is 10.1 Å². The molecule has 0 atom stereocenters. The van der Waals surface area contributed by atoms with Gasteiger partial charge in [0.15, 0.2) is 0 Å². The van der Waals surface area contributed by atoms with E-state index in [1.807, 2.05) is 43.3 Å². The number of hydrogen-bond acceptors (Lipinski definition) is 5. The summed E-state index contributed by atoms with van der Waals surface area (Å²) < 4.78 is 5.27. The minimum atomic E-state index is -0.213. The summed E-state index contributed by atoms with van der Waals surface area (Å²) in [5.41, 5.74) is 3.04. The van der Waals surface area contributed by atoms with Gasteiger partial charge in [0.25, 0.3) is 5.91 Å². The van der Waals surface area contributed by atoms with E-state index in [9.17, 15) is 4.79 Å². The van der Waals surface area contributed by atoms with Gasteiger partial charge in [-0.1, -0.05) is 30.3 Å². The van der Waals surface area contributed by atoms with Gasteiger partial charge in [-0.25, -0.2) is 15.0 Å². The number of hydrogen-bond donors (Lipinski definition) is 1. The van der Waals surface area contributed by atoms with Crippen LogP contribution in [0.3, 0.4) is 0 Å². The molecule has 2 heterocycles. The van der Waals surface area contributed by atoms with Gasteiger partial charge >= 0.3 is 0 Å². The maximum atomic E-state index is 12.2. The Hall–Kier alpha value is -3.28. The van der Waals surface area contributed by atoms with E-state index in [-0.39, 0.29) is 5.91 Å². The molecule has 0 saturated carbocycles. The molecular weight excluding hydrogens is 316 g/mol. The van der Waals surface area contributed by atoms with Crippen LogP contribution in [0.1, 0.15) is 23.0 Å². The smallest absolute Gasteiger partial charge is 0.253 e. The first-order chi connectivity index (χ1) is 12.3. The van der Waals surface area contributed by atoms with Gasteiger partial charge in [-0.15, -0.1) is 0 Å². The minimum absolute atomic E-state index is 0.213. The average Bonchev–Trinajstić information content (AvgIpc) is 2.68. The molecule has 0 spiro atoms. The van der Waals surface area contributed by atoms with Gasteiger partial charge in [-0.2, -0.15) is 0 Å². The summed E-state index contributed by atoms with van der Waals surface area (Å²) in [6.45, 7) is 2.73.